The van der Waals surface area contributed by atoms with E-state index < -0.39 is 5.96 Å². The molecule has 0 atom stereocenters. The van der Waals surface area contributed by atoms with Crippen LogP contribution in [-0.2, 0) is 6.16 Å². The maximum atomic E-state index is 8.00. The van der Waals surface area contributed by atoms with E-state index in [0.717, 1.165) is 21.6 Å². The van der Waals surface area contributed by atoms with Crippen LogP contribution in [-0.4, -0.2) is 56.4 Å². The molecule has 0 spiro atoms. The van der Waals surface area contributed by atoms with Gasteiger partial charge < -0.3 is 0 Å². The summed E-state index contributed by atoms with van der Waals surface area (Å²) in [5.74, 6) is -3.27. The molecular weight excluding hydrogens is 408 g/mol. The molecule has 1 radical (unpaired) electrons. The molecule has 0 bridgehead atoms. The minimum absolute atomic E-state index is 0. The van der Waals surface area contributed by atoms with Crippen molar-refractivity contribution in [1.82, 2.24) is 4.98 Å². The number of benzene rings is 3. The number of nitrogens with zero attached hydrogens (tertiary/aromatic N) is 1. The topological polar surface area (TPSA) is 12.9 Å². The Bertz CT molecular complexity index is 912. The number of hydrogen-bond donors (Lipinski definition) is 0. The smallest absolute Gasteiger partial charge is 0 e. The second-order valence-corrected chi connectivity index (χ2v) is 13.1. The van der Waals surface area contributed by atoms with Crippen LogP contribution < -0.4 is 15.9 Å². The van der Waals surface area contributed by atoms with Crippen LogP contribution in [0.3, 0.4) is 0 Å². The predicted octanol–water partition coefficient (Wildman–Crippen LogP) is 4.88. The van der Waals surface area contributed by atoms with Gasteiger partial charge in [-0.25, -0.2) is 0 Å². The fraction of sp³-hybridized carbons (Fsp3) is 0.0417. The van der Waals surface area contributed by atoms with E-state index in [9.17, 15) is 0 Å². The third kappa shape index (κ3) is 3.93. The fourth-order valence-electron chi connectivity index (χ4n) is 3.73. The molecule has 0 aliphatic carbocycles. The predicted molar refractivity (Wildman–Crippen MR) is 125 cm³/mol. The van der Waals surface area contributed by atoms with Crippen LogP contribution in [0, 0.1) is 0 Å². The Morgan fingerprint density at radius 1 is 0.571 bits per heavy atom. The Labute approximate surface area is 214 Å². The van der Waals surface area contributed by atoms with Crippen molar-refractivity contribution < 1.29 is 0 Å². The Balaban J connectivity index is 0.00000225. The van der Waals surface area contributed by atoms with Crippen LogP contribution in [0.5, 0.6) is 0 Å². The number of rotatable bonds is 5. The van der Waals surface area contributed by atoms with Crippen molar-refractivity contribution in [3.05, 3.63) is 121 Å². The van der Waals surface area contributed by atoms with Gasteiger partial charge in [0.25, 0.3) is 0 Å². The van der Waals surface area contributed by atoms with E-state index in [1.165, 1.54) is 0 Å². The first kappa shape index (κ1) is 21.9. The summed E-state index contributed by atoms with van der Waals surface area (Å²) in [5.41, 5.74) is 1.00. The Kier molecular flexibility index (Phi) is 7.28. The first-order valence-corrected chi connectivity index (χ1v) is 12.3. The first-order chi connectivity index (χ1) is 13.2. The molecule has 0 saturated carbocycles. The van der Waals surface area contributed by atoms with Crippen molar-refractivity contribution in [2.75, 3.05) is 0 Å². The summed E-state index contributed by atoms with van der Waals surface area (Å²) in [4.78, 5) is 4.63. The Morgan fingerprint density at radius 3 is 1.32 bits per heavy atom. The average molecular weight is 429 g/mol. The van der Waals surface area contributed by atoms with Gasteiger partial charge in [0.1, 0.15) is 0 Å². The molecule has 4 rings (SSSR count). The van der Waals surface area contributed by atoms with Gasteiger partial charge in [-0.3, -0.25) is 0 Å². The van der Waals surface area contributed by atoms with Crippen LogP contribution >= 0.6 is 17.2 Å². The summed E-state index contributed by atoms with van der Waals surface area (Å²) in [5, 5.41) is 3.48. The third-order valence-corrected chi connectivity index (χ3v) is 12.2. The summed E-state index contributed by atoms with van der Waals surface area (Å²) in [6.45, 7) is 0. The van der Waals surface area contributed by atoms with Gasteiger partial charge in [0.05, 0.1) is 0 Å². The van der Waals surface area contributed by atoms with E-state index in [0.29, 0.717) is 6.16 Å². The first-order valence-electron chi connectivity index (χ1n) is 9.01. The van der Waals surface area contributed by atoms with E-state index in [4.69, 9.17) is 11.2 Å². The van der Waals surface area contributed by atoms with Crippen LogP contribution in [0.1, 0.15) is 5.69 Å². The van der Waals surface area contributed by atoms with Gasteiger partial charge in [-0.05, 0) is 0 Å². The van der Waals surface area contributed by atoms with Crippen molar-refractivity contribution in [1.29, 1.82) is 0 Å². The molecule has 0 aliphatic heterocycles. The zero-order valence-electron chi connectivity index (χ0n) is 15.9. The molecule has 1 nitrogen and oxygen atoms in total. The maximum Gasteiger partial charge on any atom is 0 e. The summed E-state index contributed by atoms with van der Waals surface area (Å²) in [7, 11) is 0. The van der Waals surface area contributed by atoms with Gasteiger partial charge in [-0.2, -0.15) is 0 Å². The van der Waals surface area contributed by atoms with Gasteiger partial charge in [-0.1, -0.05) is 0 Å². The van der Waals surface area contributed by atoms with E-state index in [2.05, 4.69) is 83.8 Å². The molecule has 0 N–H and O–H groups in total. The molecule has 0 fully saturated rings. The Morgan fingerprint density at radius 2 is 0.964 bits per heavy atom. The second-order valence-electron chi connectivity index (χ2n) is 6.67. The molecule has 0 unspecified atom stereocenters. The maximum absolute atomic E-state index is 8.00. The quantitative estimate of drug-likeness (QED) is 0.326. The zero-order valence-corrected chi connectivity index (χ0v) is 20.7. The third-order valence-electron chi connectivity index (χ3n) is 5.07. The van der Waals surface area contributed by atoms with Crippen molar-refractivity contribution in [3.8, 4) is 0 Å². The van der Waals surface area contributed by atoms with Gasteiger partial charge in [0.15, 0.2) is 0 Å². The van der Waals surface area contributed by atoms with Crippen LogP contribution in [0.4, 0.5) is 0 Å². The molecule has 28 heavy (non-hydrogen) atoms. The number of hydrogen-bond acceptors (Lipinski definition) is 1. The van der Waals surface area contributed by atoms with Gasteiger partial charge in [0.2, 0.25) is 0 Å². The summed E-state index contributed by atoms with van der Waals surface area (Å²) in [6, 6.07) is 37.6. The zero-order chi connectivity index (χ0) is 18.6. The fourth-order valence-corrected chi connectivity index (χ4v) is 9.73. The second kappa shape index (κ2) is 9.32. The number of halogens is 1. The van der Waals surface area contributed by atoms with Crippen LogP contribution in [0.2, 0.25) is 0 Å². The van der Waals surface area contributed by atoms with Gasteiger partial charge in [0, 0.05) is 51.4 Å². The standard InChI is InChI=1S/C24H21ClNP.K/c25-27(22-13-4-1-5-14-22,23-15-6-2-7-16-23,24-17-8-3-9-18-24)20-21-12-10-11-19-26-21;/h1-19H,20H2;. The molecule has 4 aromatic rings. The molecule has 1 aromatic heterocycles. The van der Waals surface area contributed by atoms with Crippen LogP contribution in [0.25, 0.3) is 0 Å². The SMILES string of the molecule is ClP(Cc1ccccn1)(c1ccccc1)(c1ccccc1)c1ccccc1.[K]. The van der Waals surface area contributed by atoms with Gasteiger partial charge in [-0.15, -0.1) is 0 Å². The Hall–Kier alpha value is -0.834. The van der Waals surface area contributed by atoms with Gasteiger partial charge >= 0.3 is 165 Å². The van der Waals surface area contributed by atoms with Crippen molar-refractivity contribution in [2.24, 2.45) is 0 Å². The molecule has 3 aromatic carbocycles. The number of aromatic nitrogens is 1. The van der Waals surface area contributed by atoms with E-state index in [-0.39, 0.29) is 51.4 Å². The van der Waals surface area contributed by atoms with E-state index in [1.807, 2.05) is 36.5 Å². The number of pyridine rings is 1. The minimum Gasteiger partial charge on any atom is 0 e. The van der Waals surface area contributed by atoms with E-state index >= 15 is 0 Å². The molecule has 1 heterocycles. The van der Waals surface area contributed by atoms with Crippen molar-refractivity contribution in [2.45, 2.75) is 6.16 Å². The molecule has 0 saturated heterocycles. The van der Waals surface area contributed by atoms with Crippen molar-refractivity contribution in [3.63, 3.8) is 0 Å². The van der Waals surface area contributed by atoms with Crippen LogP contribution in [0.15, 0.2) is 115 Å². The summed E-state index contributed by atoms with van der Waals surface area (Å²) >= 11 is 8.00. The minimum atomic E-state index is -3.27. The molecule has 4 heteroatoms. The average Bonchev–Trinajstić information content (AvgIpc) is 2.76. The monoisotopic (exact) mass is 428 g/mol. The molecular formula is C24H21ClKNP. The summed E-state index contributed by atoms with van der Waals surface area (Å²) < 4.78 is 0. The summed E-state index contributed by atoms with van der Waals surface area (Å²) in [6.07, 6.45) is 2.51. The van der Waals surface area contributed by atoms with E-state index in [1.54, 1.807) is 0 Å². The molecule has 0 amide bonds. The molecule has 0 aliphatic rings. The van der Waals surface area contributed by atoms with Crippen molar-refractivity contribution >= 4 is 84.5 Å². The largest absolute Gasteiger partial charge is 0 e. The molecule has 135 valence electrons. The normalized spacial score (nSPS) is 12.4.